The van der Waals surface area contributed by atoms with E-state index >= 15 is 0 Å². The summed E-state index contributed by atoms with van der Waals surface area (Å²) in [5, 5.41) is 5.36. The molecule has 1 saturated carbocycles. The Kier molecular flexibility index (Phi) is 4.65. The molecule has 1 fully saturated rings. The van der Waals surface area contributed by atoms with Crippen molar-refractivity contribution in [1.82, 2.24) is 10.3 Å². The lowest BCUT2D eigenvalue weighted by Gasteiger charge is -2.16. The number of fused-ring (bicyclic) bond motifs is 3. The highest BCUT2D eigenvalue weighted by molar-refractivity contribution is 5.89. The molecule has 2 amide bonds. The van der Waals surface area contributed by atoms with Gasteiger partial charge >= 0.3 is 6.03 Å². The van der Waals surface area contributed by atoms with Crippen LogP contribution < -0.4 is 20.1 Å². The van der Waals surface area contributed by atoms with E-state index in [0.29, 0.717) is 11.5 Å². The van der Waals surface area contributed by atoms with Gasteiger partial charge in [0.25, 0.3) is 0 Å². The number of aromatic nitrogens is 1. The monoisotopic (exact) mass is 427 g/mol. The van der Waals surface area contributed by atoms with Crippen molar-refractivity contribution in [3.8, 4) is 17.2 Å². The van der Waals surface area contributed by atoms with Gasteiger partial charge in [-0.2, -0.15) is 0 Å². The average molecular weight is 427 g/mol. The number of benzene rings is 2. The molecule has 6 nitrogen and oxygen atoms in total. The first-order valence-electron chi connectivity index (χ1n) is 9.57. The van der Waals surface area contributed by atoms with Gasteiger partial charge < -0.3 is 14.8 Å². The van der Waals surface area contributed by atoms with E-state index in [-0.39, 0.29) is 47.4 Å². The Morgan fingerprint density at radius 3 is 2.48 bits per heavy atom. The molecule has 0 radical (unpaired) electrons. The van der Waals surface area contributed by atoms with Gasteiger partial charge in [-0.3, -0.25) is 5.32 Å². The second-order valence-corrected chi connectivity index (χ2v) is 7.33. The van der Waals surface area contributed by atoms with Gasteiger partial charge in [0.05, 0.1) is 12.8 Å². The number of ether oxygens (including phenoxy) is 2. The fraction of sp³-hybridized carbons (Fsp3) is 0.182. The standard InChI is InChI=1S/C22H16F3N3O3/c23-11-1-3-12(4-2-11)31-13-5-8-17(26-9-13)27-22(29)28-20-14-10-30-21-16(25)7-6-15(24)19(21)18(14)20/h1-9,14,18,20H,10H2,(H2,26,27,28,29)/t14-,18-,20-/m1/s1. The molecule has 9 heteroatoms. The number of hydrogen-bond acceptors (Lipinski definition) is 4. The van der Waals surface area contributed by atoms with Crippen molar-refractivity contribution >= 4 is 11.8 Å². The number of carbonyl (C=O) groups is 1. The maximum absolute atomic E-state index is 14.2. The van der Waals surface area contributed by atoms with Crippen molar-refractivity contribution in [3.05, 3.63) is 77.7 Å². The minimum Gasteiger partial charge on any atom is -0.490 e. The molecule has 3 atom stereocenters. The SMILES string of the molecule is O=C(Nc1ccc(Oc2ccc(F)cc2)cn1)N[C@@H]1[C@@H]2COc3c(F)ccc(F)c3[C@@H]21. The van der Waals surface area contributed by atoms with E-state index in [1.807, 2.05) is 0 Å². The van der Waals surface area contributed by atoms with Crippen molar-refractivity contribution in [2.75, 3.05) is 11.9 Å². The summed E-state index contributed by atoms with van der Waals surface area (Å²) in [6, 6.07) is 9.90. The largest absolute Gasteiger partial charge is 0.490 e. The van der Waals surface area contributed by atoms with Gasteiger partial charge in [-0.15, -0.1) is 0 Å². The van der Waals surface area contributed by atoms with Crippen LogP contribution in [-0.2, 0) is 0 Å². The Hall–Kier alpha value is -3.75. The smallest absolute Gasteiger partial charge is 0.320 e. The number of nitrogens with zero attached hydrogens (tertiary/aromatic N) is 1. The van der Waals surface area contributed by atoms with E-state index in [2.05, 4.69) is 15.6 Å². The molecule has 158 valence electrons. The highest BCUT2D eigenvalue weighted by atomic mass is 19.1. The molecular formula is C22H16F3N3O3. The summed E-state index contributed by atoms with van der Waals surface area (Å²) < 4.78 is 51.9. The maximum atomic E-state index is 14.2. The average Bonchev–Trinajstić information content (AvgIpc) is 3.46. The molecular weight excluding hydrogens is 411 g/mol. The Balaban J connectivity index is 1.20. The van der Waals surface area contributed by atoms with Crippen molar-refractivity contribution in [2.45, 2.75) is 12.0 Å². The minimum atomic E-state index is -0.614. The number of nitrogens with one attached hydrogen (secondary N) is 2. The summed E-state index contributed by atoms with van der Waals surface area (Å²) >= 11 is 0. The Morgan fingerprint density at radius 1 is 1.00 bits per heavy atom. The van der Waals surface area contributed by atoms with Gasteiger partial charge in [0.2, 0.25) is 0 Å². The van der Waals surface area contributed by atoms with Crippen molar-refractivity contribution in [1.29, 1.82) is 0 Å². The van der Waals surface area contributed by atoms with E-state index in [4.69, 9.17) is 9.47 Å². The van der Waals surface area contributed by atoms with Crippen LogP contribution in [0.5, 0.6) is 17.2 Å². The van der Waals surface area contributed by atoms with E-state index in [1.165, 1.54) is 30.5 Å². The van der Waals surface area contributed by atoms with Crippen LogP contribution in [0.2, 0.25) is 0 Å². The maximum Gasteiger partial charge on any atom is 0.320 e. The second kappa shape index (κ2) is 7.50. The first-order valence-corrected chi connectivity index (χ1v) is 9.57. The molecule has 0 saturated heterocycles. The van der Waals surface area contributed by atoms with Crippen LogP contribution in [0.4, 0.5) is 23.8 Å². The molecule has 1 aliphatic carbocycles. The zero-order chi connectivity index (χ0) is 21.5. The summed E-state index contributed by atoms with van der Waals surface area (Å²) in [6.45, 7) is 0.205. The number of urea groups is 1. The second-order valence-electron chi connectivity index (χ2n) is 7.33. The highest BCUT2D eigenvalue weighted by Gasteiger charge is 2.57. The number of amides is 2. The molecule has 2 N–H and O–H groups in total. The molecule has 2 aliphatic rings. The van der Waals surface area contributed by atoms with Gasteiger partial charge in [0.15, 0.2) is 11.6 Å². The Bertz CT molecular complexity index is 1140. The molecule has 2 heterocycles. The van der Waals surface area contributed by atoms with Gasteiger partial charge in [0, 0.05) is 23.4 Å². The number of carbonyl (C=O) groups excluding carboxylic acids is 1. The third kappa shape index (κ3) is 3.74. The normalized spacial score (nSPS) is 20.7. The molecule has 1 aliphatic heterocycles. The fourth-order valence-electron chi connectivity index (χ4n) is 3.81. The predicted octanol–water partition coefficient (Wildman–Crippen LogP) is 4.59. The summed E-state index contributed by atoms with van der Waals surface area (Å²) in [6.07, 6.45) is 1.41. The number of pyridine rings is 1. The minimum absolute atomic E-state index is 0.0793. The first kappa shape index (κ1) is 19.2. The van der Waals surface area contributed by atoms with Crippen LogP contribution in [0.25, 0.3) is 0 Å². The third-order valence-electron chi connectivity index (χ3n) is 5.34. The molecule has 2 aromatic carbocycles. The van der Waals surface area contributed by atoms with Crippen LogP contribution in [0.15, 0.2) is 54.7 Å². The van der Waals surface area contributed by atoms with Gasteiger partial charge in [-0.05, 0) is 48.5 Å². The van der Waals surface area contributed by atoms with Crippen molar-refractivity contribution < 1.29 is 27.4 Å². The molecule has 0 spiro atoms. The summed E-state index contributed by atoms with van der Waals surface area (Å²) in [5.74, 6) is -0.911. The number of hydrogen-bond donors (Lipinski definition) is 2. The molecule has 1 aromatic heterocycles. The lowest BCUT2D eigenvalue weighted by Crippen LogP contribution is -2.32. The Morgan fingerprint density at radius 2 is 1.74 bits per heavy atom. The lowest BCUT2D eigenvalue weighted by atomic mass is 10.0. The molecule has 31 heavy (non-hydrogen) atoms. The zero-order valence-electron chi connectivity index (χ0n) is 15.9. The number of anilines is 1. The Labute approximate surface area is 175 Å². The molecule has 0 unspecified atom stereocenters. The van der Waals surface area contributed by atoms with Gasteiger partial charge in [-0.25, -0.2) is 22.9 Å². The zero-order valence-corrected chi connectivity index (χ0v) is 15.9. The van der Waals surface area contributed by atoms with E-state index in [1.54, 1.807) is 12.1 Å². The summed E-state index contributed by atoms with van der Waals surface area (Å²) in [7, 11) is 0. The molecule has 3 aromatic rings. The van der Waals surface area contributed by atoms with Crippen LogP contribution in [0, 0.1) is 23.4 Å². The van der Waals surface area contributed by atoms with Crippen LogP contribution >= 0.6 is 0 Å². The third-order valence-corrected chi connectivity index (χ3v) is 5.34. The van der Waals surface area contributed by atoms with Crippen molar-refractivity contribution in [2.24, 2.45) is 5.92 Å². The van der Waals surface area contributed by atoms with Crippen LogP contribution in [0.1, 0.15) is 11.5 Å². The number of halogens is 3. The van der Waals surface area contributed by atoms with Gasteiger partial charge in [0.1, 0.15) is 29.0 Å². The predicted molar refractivity (Wildman–Crippen MR) is 105 cm³/mol. The van der Waals surface area contributed by atoms with Crippen LogP contribution in [0.3, 0.4) is 0 Å². The summed E-state index contributed by atoms with van der Waals surface area (Å²) in [4.78, 5) is 16.4. The molecule has 0 bridgehead atoms. The number of rotatable bonds is 4. The van der Waals surface area contributed by atoms with Crippen molar-refractivity contribution in [3.63, 3.8) is 0 Å². The topological polar surface area (TPSA) is 72.5 Å². The van der Waals surface area contributed by atoms with Gasteiger partial charge in [-0.1, -0.05) is 0 Å². The van der Waals surface area contributed by atoms with Crippen LogP contribution in [-0.4, -0.2) is 23.7 Å². The quantitative estimate of drug-likeness (QED) is 0.639. The highest BCUT2D eigenvalue weighted by Crippen LogP contribution is 2.55. The van der Waals surface area contributed by atoms with E-state index < -0.39 is 17.7 Å². The first-order chi connectivity index (χ1) is 15.0. The summed E-state index contributed by atoms with van der Waals surface area (Å²) in [5.41, 5.74) is 0.168. The van der Waals surface area contributed by atoms with E-state index in [9.17, 15) is 18.0 Å². The molecule has 5 rings (SSSR count). The lowest BCUT2D eigenvalue weighted by molar-refractivity contribution is 0.247. The van der Waals surface area contributed by atoms with E-state index in [0.717, 1.165) is 12.1 Å². The fourth-order valence-corrected chi connectivity index (χ4v) is 3.81.